The number of thiophene rings is 1. The molecule has 0 amide bonds. The van der Waals surface area contributed by atoms with Gasteiger partial charge < -0.3 is 0 Å². The van der Waals surface area contributed by atoms with Crippen LogP contribution in [0.4, 0.5) is 0 Å². The van der Waals surface area contributed by atoms with Gasteiger partial charge in [0.1, 0.15) is 4.21 Å². The van der Waals surface area contributed by atoms with Gasteiger partial charge in [-0.3, -0.25) is 4.90 Å². The summed E-state index contributed by atoms with van der Waals surface area (Å²) in [5, 5.41) is 0. The van der Waals surface area contributed by atoms with Gasteiger partial charge in [0.05, 0.1) is 0 Å². The molecule has 0 radical (unpaired) electrons. The summed E-state index contributed by atoms with van der Waals surface area (Å²) < 4.78 is 28.4. The number of rotatable bonds is 7. The molecule has 1 N–H and O–H groups in total. The molecule has 1 aliphatic rings. The molecule has 1 aromatic carbocycles. The van der Waals surface area contributed by atoms with Crippen molar-refractivity contribution in [3.8, 4) is 0 Å². The largest absolute Gasteiger partial charge is 0.299 e. The van der Waals surface area contributed by atoms with Crippen molar-refractivity contribution in [1.82, 2.24) is 9.62 Å². The first-order valence-electron chi connectivity index (χ1n) is 8.89. The summed E-state index contributed by atoms with van der Waals surface area (Å²) in [7, 11) is -3.42. The number of nitrogens with zero attached hydrogens (tertiary/aromatic N) is 1. The minimum absolute atomic E-state index is 0.193. The maximum Gasteiger partial charge on any atom is 0.250 e. The lowest BCUT2D eigenvalue weighted by atomic mass is 10.0. The Morgan fingerprint density at radius 2 is 1.80 bits per heavy atom. The number of likely N-dealkylation sites (tertiary alicyclic amines) is 1. The van der Waals surface area contributed by atoms with Gasteiger partial charge in [-0.05, 0) is 57.0 Å². The first kappa shape index (κ1) is 18.6. The van der Waals surface area contributed by atoms with Crippen LogP contribution in [0.25, 0.3) is 0 Å². The highest BCUT2D eigenvalue weighted by atomic mass is 32.2. The Morgan fingerprint density at radius 1 is 1.08 bits per heavy atom. The van der Waals surface area contributed by atoms with E-state index in [1.807, 2.05) is 31.2 Å². The summed E-state index contributed by atoms with van der Waals surface area (Å²) >= 11 is 1.32. The van der Waals surface area contributed by atoms with Gasteiger partial charge in [0, 0.05) is 17.5 Å². The topological polar surface area (TPSA) is 49.4 Å². The molecule has 1 unspecified atom stereocenters. The van der Waals surface area contributed by atoms with Crippen molar-refractivity contribution in [1.29, 1.82) is 0 Å². The van der Waals surface area contributed by atoms with Gasteiger partial charge in [0.2, 0.25) is 10.0 Å². The highest BCUT2D eigenvalue weighted by Crippen LogP contribution is 2.21. The highest BCUT2D eigenvalue weighted by molar-refractivity contribution is 7.91. The van der Waals surface area contributed by atoms with E-state index in [9.17, 15) is 8.42 Å². The summed E-state index contributed by atoms with van der Waals surface area (Å²) in [6.45, 7) is 4.48. The first-order chi connectivity index (χ1) is 12.0. The normalized spacial score (nSPS) is 17.5. The van der Waals surface area contributed by atoms with E-state index in [-0.39, 0.29) is 6.04 Å². The molecule has 1 aliphatic heterocycles. The lowest BCUT2D eigenvalue weighted by Gasteiger charge is -2.34. The maximum atomic E-state index is 12.6. The standard InChI is InChI=1S/C19H26N2O2S2/c1-16-10-11-19(24-16)25(22,23)20-15-18(21-12-6-3-7-13-21)14-17-8-4-2-5-9-17/h2,4-5,8-11,18,20H,3,6-7,12-15H2,1H3. The molecule has 25 heavy (non-hydrogen) atoms. The summed E-state index contributed by atoms with van der Waals surface area (Å²) in [6, 6.07) is 14.1. The Labute approximate surface area is 154 Å². The van der Waals surface area contributed by atoms with Crippen LogP contribution < -0.4 is 4.72 Å². The van der Waals surface area contributed by atoms with Gasteiger partial charge in [0.25, 0.3) is 0 Å². The van der Waals surface area contributed by atoms with Crippen LogP contribution in [0.3, 0.4) is 0 Å². The average Bonchev–Trinajstić information content (AvgIpc) is 3.08. The second-order valence-electron chi connectivity index (χ2n) is 6.66. The number of piperidine rings is 1. The summed E-state index contributed by atoms with van der Waals surface area (Å²) in [6.07, 6.45) is 4.53. The van der Waals surface area contributed by atoms with Crippen molar-refractivity contribution in [3.63, 3.8) is 0 Å². The van der Waals surface area contributed by atoms with Crippen LogP contribution in [0.1, 0.15) is 29.7 Å². The molecule has 0 bridgehead atoms. The quantitative estimate of drug-likeness (QED) is 0.803. The molecule has 1 fully saturated rings. The number of aryl methyl sites for hydroxylation is 1. The molecule has 0 aliphatic carbocycles. The zero-order chi connectivity index (χ0) is 17.7. The van der Waals surface area contributed by atoms with Gasteiger partial charge in [-0.25, -0.2) is 13.1 Å². The third kappa shape index (κ3) is 5.14. The molecule has 1 aromatic heterocycles. The molecular weight excluding hydrogens is 352 g/mol. The van der Waals surface area contributed by atoms with Crippen molar-refractivity contribution in [3.05, 3.63) is 52.9 Å². The van der Waals surface area contributed by atoms with Gasteiger partial charge in [0.15, 0.2) is 0 Å². The Hall–Kier alpha value is -1.21. The Kier molecular flexibility index (Phi) is 6.28. The second kappa shape index (κ2) is 8.45. The minimum atomic E-state index is -3.42. The van der Waals surface area contributed by atoms with Crippen LogP contribution in [0.2, 0.25) is 0 Å². The lowest BCUT2D eigenvalue weighted by Crippen LogP contribution is -2.47. The van der Waals surface area contributed by atoms with E-state index in [4.69, 9.17) is 0 Å². The molecule has 3 rings (SSSR count). The van der Waals surface area contributed by atoms with Crippen LogP contribution in [0, 0.1) is 6.92 Å². The third-order valence-electron chi connectivity index (χ3n) is 4.71. The predicted octanol–water partition coefficient (Wildman–Crippen LogP) is 3.43. The zero-order valence-corrected chi connectivity index (χ0v) is 16.3. The van der Waals surface area contributed by atoms with Crippen molar-refractivity contribution >= 4 is 21.4 Å². The van der Waals surface area contributed by atoms with Crippen molar-refractivity contribution < 1.29 is 8.42 Å². The number of benzene rings is 1. The van der Waals surface area contributed by atoms with E-state index in [0.29, 0.717) is 10.8 Å². The highest BCUT2D eigenvalue weighted by Gasteiger charge is 2.24. The van der Waals surface area contributed by atoms with Crippen LogP contribution >= 0.6 is 11.3 Å². The van der Waals surface area contributed by atoms with E-state index >= 15 is 0 Å². The van der Waals surface area contributed by atoms with Gasteiger partial charge in [-0.1, -0.05) is 36.8 Å². The fourth-order valence-electron chi connectivity index (χ4n) is 3.33. The van der Waals surface area contributed by atoms with E-state index in [0.717, 1.165) is 24.4 Å². The van der Waals surface area contributed by atoms with Crippen LogP contribution in [-0.2, 0) is 16.4 Å². The molecule has 0 saturated carbocycles. The molecular formula is C19H26N2O2S2. The van der Waals surface area contributed by atoms with E-state index in [2.05, 4.69) is 21.8 Å². The van der Waals surface area contributed by atoms with Gasteiger partial charge in [-0.2, -0.15) is 0 Å². The molecule has 0 spiro atoms. The van der Waals surface area contributed by atoms with E-state index in [1.54, 1.807) is 6.07 Å². The molecule has 136 valence electrons. The molecule has 2 heterocycles. The van der Waals surface area contributed by atoms with Gasteiger partial charge >= 0.3 is 0 Å². The van der Waals surface area contributed by atoms with Crippen molar-refractivity contribution in [2.45, 2.75) is 42.9 Å². The SMILES string of the molecule is Cc1ccc(S(=O)(=O)NCC(Cc2ccccc2)N2CCCCC2)s1. The molecule has 2 aromatic rings. The smallest absolute Gasteiger partial charge is 0.250 e. The first-order valence-corrected chi connectivity index (χ1v) is 11.2. The third-order valence-corrected chi connectivity index (χ3v) is 7.63. The lowest BCUT2D eigenvalue weighted by molar-refractivity contribution is 0.163. The zero-order valence-electron chi connectivity index (χ0n) is 14.6. The fraction of sp³-hybridized carbons (Fsp3) is 0.474. The predicted molar refractivity (Wildman–Crippen MR) is 104 cm³/mol. The average molecular weight is 379 g/mol. The second-order valence-corrected chi connectivity index (χ2v) is 9.94. The molecule has 1 atom stereocenters. The van der Waals surface area contributed by atoms with Crippen molar-refractivity contribution in [2.24, 2.45) is 0 Å². The monoisotopic (exact) mass is 378 g/mol. The minimum Gasteiger partial charge on any atom is -0.299 e. The van der Waals surface area contributed by atoms with Crippen LogP contribution in [0.15, 0.2) is 46.7 Å². The maximum absolute atomic E-state index is 12.6. The van der Waals surface area contributed by atoms with Crippen molar-refractivity contribution in [2.75, 3.05) is 19.6 Å². The number of sulfonamides is 1. The molecule has 4 nitrogen and oxygen atoms in total. The number of hydrogen-bond acceptors (Lipinski definition) is 4. The number of nitrogens with one attached hydrogen (secondary N) is 1. The van der Waals surface area contributed by atoms with E-state index < -0.39 is 10.0 Å². The molecule has 1 saturated heterocycles. The van der Waals surface area contributed by atoms with Crippen LogP contribution in [0.5, 0.6) is 0 Å². The number of hydrogen-bond donors (Lipinski definition) is 1. The van der Waals surface area contributed by atoms with E-state index in [1.165, 1.54) is 36.2 Å². The van der Waals surface area contributed by atoms with Crippen LogP contribution in [-0.4, -0.2) is 39.0 Å². The Morgan fingerprint density at radius 3 is 2.44 bits per heavy atom. The Balaban J connectivity index is 1.70. The fourth-order valence-corrected chi connectivity index (χ4v) is 5.73. The van der Waals surface area contributed by atoms with Gasteiger partial charge in [-0.15, -0.1) is 11.3 Å². The Bertz CT molecular complexity index is 766. The summed E-state index contributed by atoms with van der Waals surface area (Å²) in [5.74, 6) is 0. The summed E-state index contributed by atoms with van der Waals surface area (Å²) in [4.78, 5) is 3.45. The molecule has 6 heteroatoms. The summed E-state index contributed by atoms with van der Waals surface area (Å²) in [5.41, 5.74) is 1.25.